The summed E-state index contributed by atoms with van der Waals surface area (Å²) in [7, 11) is -2.43. The Balaban J connectivity index is 2.20. The summed E-state index contributed by atoms with van der Waals surface area (Å²) < 4.78 is 32.4. The first-order chi connectivity index (χ1) is 9.85. The summed E-state index contributed by atoms with van der Waals surface area (Å²) in [5, 5.41) is 1.67. The highest BCUT2D eigenvalue weighted by atomic mass is 32.2. The lowest BCUT2D eigenvalue weighted by molar-refractivity contribution is 0.0602. The van der Waals surface area contributed by atoms with Gasteiger partial charge in [0.2, 0.25) is 10.0 Å². The van der Waals surface area contributed by atoms with Crippen LogP contribution >= 0.6 is 11.3 Å². The van der Waals surface area contributed by atoms with Crippen LogP contribution in [0, 0.1) is 12.3 Å². The third kappa shape index (κ3) is 3.46. The van der Waals surface area contributed by atoms with Crippen LogP contribution in [0.5, 0.6) is 0 Å². The molecule has 1 saturated carbocycles. The molecule has 1 N–H and O–H groups in total. The van der Waals surface area contributed by atoms with Crippen molar-refractivity contribution in [3.8, 4) is 0 Å². The van der Waals surface area contributed by atoms with E-state index in [1.54, 1.807) is 12.3 Å². The van der Waals surface area contributed by atoms with Crippen molar-refractivity contribution in [3.63, 3.8) is 0 Å². The molecule has 5 nitrogen and oxygen atoms in total. The van der Waals surface area contributed by atoms with E-state index >= 15 is 0 Å². The Morgan fingerprint density at radius 3 is 2.67 bits per heavy atom. The average molecular weight is 331 g/mol. The SMILES string of the molecule is CCCC1(CNS(=O)(=O)c2c(C)csc2C(=O)OC)CC1. The molecule has 0 atom stereocenters. The van der Waals surface area contributed by atoms with Crippen LogP contribution < -0.4 is 4.72 Å². The summed E-state index contributed by atoms with van der Waals surface area (Å²) in [6.45, 7) is 4.24. The summed E-state index contributed by atoms with van der Waals surface area (Å²) in [6.07, 6.45) is 4.21. The van der Waals surface area contributed by atoms with Crippen LogP contribution in [-0.2, 0) is 14.8 Å². The molecule has 1 heterocycles. The first-order valence-electron chi connectivity index (χ1n) is 7.01. The number of methoxy groups -OCH3 is 1. The zero-order valence-corrected chi connectivity index (χ0v) is 14.2. The number of thiophene rings is 1. The number of hydrogen-bond donors (Lipinski definition) is 1. The van der Waals surface area contributed by atoms with Gasteiger partial charge in [0.25, 0.3) is 0 Å². The molecule has 0 unspecified atom stereocenters. The highest BCUT2D eigenvalue weighted by molar-refractivity contribution is 7.89. The molecular weight excluding hydrogens is 310 g/mol. The quantitative estimate of drug-likeness (QED) is 0.780. The third-order valence-corrected chi connectivity index (χ3v) is 6.73. The van der Waals surface area contributed by atoms with E-state index < -0.39 is 16.0 Å². The molecule has 0 amide bonds. The minimum absolute atomic E-state index is 0.0617. The lowest BCUT2D eigenvalue weighted by atomic mass is 10.0. The van der Waals surface area contributed by atoms with E-state index in [4.69, 9.17) is 0 Å². The lowest BCUT2D eigenvalue weighted by Crippen LogP contribution is -2.31. The summed E-state index contributed by atoms with van der Waals surface area (Å²) in [5.41, 5.74) is 0.699. The van der Waals surface area contributed by atoms with Gasteiger partial charge in [0.15, 0.2) is 0 Å². The van der Waals surface area contributed by atoms with Crippen LogP contribution in [0.3, 0.4) is 0 Å². The zero-order chi connectivity index (χ0) is 15.7. The molecule has 1 aromatic heterocycles. The van der Waals surface area contributed by atoms with Gasteiger partial charge >= 0.3 is 5.97 Å². The number of ether oxygens (including phenoxy) is 1. The monoisotopic (exact) mass is 331 g/mol. The largest absolute Gasteiger partial charge is 0.465 e. The van der Waals surface area contributed by atoms with E-state index in [-0.39, 0.29) is 15.2 Å². The van der Waals surface area contributed by atoms with Crippen molar-refractivity contribution in [2.24, 2.45) is 5.41 Å². The van der Waals surface area contributed by atoms with Crippen LogP contribution in [0.4, 0.5) is 0 Å². The Bertz CT molecular complexity index is 629. The van der Waals surface area contributed by atoms with Gasteiger partial charge in [0.05, 0.1) is 7.11 Å². The van der Waals surface area contributed by atoms with Gasteiger partial charge in [0, 0.05) is 6.54 Å². The van der Waals surface area contributed by atoms with E-state index in [0.717, 1.165) is 37.0 Å². The number of hydrogen-bond acceptors (Lipinski definition) is 5. The fourth-order valence-electron chi connectivity index (χ4n) is 2.54. The minimum atomic E-state index is -3.69. The van der Waals surface area contributed by atoms with E-state index in [0.29, 0.717) is 12.1 Å². The van der Waals surface area contributed by atoms with Gasteiger partial charge in [-0.2, -0.15) is 0 Å². The molecule has 1 aliphatic carbocycles. The maximum Gasteiger partial charge on any atom is 0.349 e. The van der Waals surface area contributed by atoms with Crippen molar-refractivity contribution in [2.75, 3.05) is 13.7 Å². The summed E-state index contributed by atoms with van der Waals surface area (Å²) in [4.78, 5) is 11.9. The van der Waals surface area contributed by atoms with E-state index in [1.165, 1.54) is 7.11 Å². The van der Waals surface area contributed by atoms with Gasteiger partial charge in [-0.1, -0.05) is 13.3 Å². The van der Waals surface area contributed by atoms with Gasteiger partial charge in [-0.05, 0) is 42.5 Å². The standard InChI is InChI=1S/C14H21NO4S2/c1-4-5-14(6-7-14)9-15-21(17,18)12-10(2)8-20-11(12)13(16)19-3/h8,15H,4-7,9H2,1-3H3. The van der Waals surface area contributed by atoms with Gasteiger partial charge in [0.1, 0.15) is 9.77 Å². The lowest BCUT2D eigenvalue weighted by Gasteiger charge is -2.15. The van der Waals surface area contributed by atoms with Crippen molar-refractivity contribution in [1.29, 1.82) is 0 Å². The predicted octanol–water partition coefficient (Wildman–Crippen LogP) is 2.70. The second-order valence-electron chi connectivity index (χ2n) is 5.64. The number of aryl methyl sites for hydroxylation is 1. The molecule has 2 rings (SSSR count). The third-order valence-electron chi connectivity index (χ3n) is 3.93. The Kier molecular flexibility index (Phi) is 4.75. The molecule has 1 aliphatic rings. The van der Waals surface area contributed by atoms with Crippen LogP contribution in [0.25, 0.3) is 0 Å². The zero-order valence-electron chi connectivity index (χ0n) is 12.6. The van der Waals surface area contributed by atoms with Gasteiger partial charge < -0.3 is 4.74 Å². The number of carbonyl (C=O) groups is 1. The topological polar surface area (TPSA) is 72.5 Å². The second-order valence-corrected chi connectivity index (χ2v) is 8.23. The highest BCUT2D eigenvalue weighted by Crippen LogP contribution is 2.49. The van der Waals surface area contributed by atoms with Crippen molar-refractivity contribution >= 4 is 27.3 Å². The fourth-order valence-corrected chi connectivity index (χ4v) is 5.40. The predicted molar refractivity (Wildman–Crippen MR) is 82.2 cm³/mol. The van der Waals surface area contributed by atoms with Crippen LogP contribution in [0.2, 0.25) is 0 Å². The normalized spacial score (nSPS) is 16.7. The number of carbonyl (C=O) groups excluding carboxylic acids is 1. The summed E-state index contributed by atoms with van der Waals surface area (Å²) in [6, 6.07) is 0. The van der Waals surface area contributed by atoms with E-state index in [1.807, 2.05) is 0 Å². The van der Waals surface area contributed by atoms with Crippen LogP contribution in [0.15, 0.2) is 10.3 Å². The Hall–Kier alpha value is -0.920. The van der Waals surface area contributed by atoms with E-state index in [2.05, 4.69) is 16.4 Å². The molecule has 0 aromatic carbocycles. The highest BCUT2D eigenvalue weighted by Gasteiger charge is 2.42. The minimum Gasteiger partial charge on any atom is -0.465 e. The molecule has 21 heavy (non-hydrogen) atoms. The molecule has 0 saturated heterocycles. The summed E-state index contributed by atoms with van der Waals surface area (Å²) in [5.74, 6) is -0.608. The van der Waals surface area contributed by atoms with Crippen LogP contribution in [0.1, 0.15) is 47.8 Å². The second kappa shape index (κ2) is 6.06. The van der Waals surface area contributed by atoms with Crippen molar-refractivity contribution < 1.29 is 17.9 Å². The maximum absolute atomic E-state index is 12.5. The molecule has 0 bridgehead atoms. The molecule has 1 aromatic rings. The van der Waals surface area contributed by atoms with Gasteiger partial charge in [-0.3, -0.25) is 0 Å². The van der Waals surface area contributed by atoms with Crippen molar-refractivity contribution in [2.45, 2.75) is 44.4 Å². The van der Waals surface area contributed by atoms with Crippen LogP contribution in [-0.4, -0.2) is 28.0 Å². The molecule has 0 radical (unpaired) electrons. The Labute approximate surface area is 129 Å². The number of esters is 1. The fraction of sp³-hybridized carbons (Fsp3) is 0.643. The number of nitrogens with one attached hydrogen (secondary N) is 1. The van der Waals surface area contributed by atoms with E-state index in [9.17, 15) is 13.2 Å². The molecule has 0 spiro atoms. The molecule has 1 fully saturated rings. The first kappa shape index (κ1) is 16.5. The molecule has 0 aliphatic heterocycles. The number of sulfonamides is 1. The molecule has 7 heteroatoms. The molecule has 118 valence electrons. The van der Waals surface area contributed by atoms with Gasteiger partial charge in [-0.15, -0.1) is 11.3 Å². The van der Waals surface area contributed by atoms with Gasteiger partial charge in [-0.25, -0.2) is 17.9 Å². The molecular formula is C14H21NO4S2. The van der Waals surface area contributed by atoms with Crippen molar-refractivity contribution in [1.82, 2.24) is 4.72 Å². The average Bonchev–Trinajstić information content (AvgIpc) is 3.09. The number of rotatable bonds is 7. The maximum atomic E-state index is 12.5. The first-order valence-corrected chi connectivity index (χ1v) is 9.37. The van der Waals surface area contributed by atoms with Crippen molar-refractivity contribution in [3.05, 3.63) is 15.8 Å². The Morgan fingerprint density at radius 2 is 2.14 bits per heavy atom. The smallest absolute Gasteiger partial charge is 0.349 e. The summed E-state index contributed by atoms with van der Waals surface area (Å²) >= 11 is 1.10. The Morgan fingerprint density at radius 1 is 1.48 bits per heavy atom.